The van der Waals surface area contributed by atoms with Gasteiger partial charge >= 0.3 is 5.97 Å². The number of aromatic hydroxyl groups is 2. The van der Waals surface area contributed by atoms with E-state index in [0.717, 1.165) is 17.8 Å². The van der Waals surface area contributed by atoms with Crippen molar-refractivity contribution in [3.8, 4) is 11.5 Å². The number of aromatic carboxylic acids is 1. The zero-order valence-corrected chi connectivity index (χ0v) is 10.8. The second-order valence-electron chi connectivity index (χ2n) is 4.24. The first-order valence-electron chi connectivity index (χ1n) is 5.96. The smallest absolute Gasteiger partial charge is 0.335 e. The van der Waals surface area contributed by atoms with Crippen molar-refractivity contribution in [2.45, 2.75) is 6.54 Å². The molecule has 0 atom stereocenters. The van der Waals surface area contributed by atoms with Gasteiger partial charge in [0, 0.05) is 12.6 Å². The van der Waals surface area contributed by atoms with Gasteiger partial charge in [-0.1, -0.05) is 12.1 Å². The number of hydrogen-bond acceptors (Lipinski definition) is 5. The Labute approximate surface area is 119 Å². The monoisotopic (exact) mass is 288 g/mol. The van der Waals surface area contributed by atoms with Crippen molar-refractivity contribution in [3.05, 3.63) is 53.3 Å². The fourth-order valence-electron chi connectivity index (χ4n) is 1.60. The highest BCUT2D eigenvalue weighted by Gasteiger charge is 2.10. The maximum Gasteiger partial charge on any atom is 0.335 e. The number of nitrogens with zero attached hydrogens (tertiary/aromatic N) is 1. The second kappa shape index (κ2) is 5.91. The van der Waals surface area contributed by atoms with Gasteiger partial charge in [-0.2, -0.15) is 0 Å². The summed E-state index contributed by atoms with van der Waals surface area (Å²) in [7, 11) is 0. The highest BCUT2D eigenvalue weighted by Crippen LogP contribution is 2.22. The molecule has 0 fully saturated rings. The normalized spacial score (nSPS) is 10.1. The number of amides is 1. The molecular weight excluding hydrogens is 276 g/mol. The van der Waals surface area contributed by atoms with E-state index < -0.39 is 23.4 Å². The Morgan fingerprint density at radius 1 is 1.10 bits per heavy atom. The van der Waals surface area contributed by atoms with Crippen LogP contribution in [0.3, 0.4) is 0 Å². The zero-order valence-electron chi connectivity index (χ0n) is 10.8. The van der Waals surface area contributed by atoms with Crippen molar-refractivity contribution in [3.63, 3.8) is 0 Å². The van der Waals surface area contributed by atoms with Gasteiger partial charge in [-0.05, 0) is 17.7 Å². The minimum atomic E-state index is -1.02. The average Bonchev–Trinajstić information content (AvgIpc) is 2.48. The van der Waals surface area contributed by atoms with Crippen LogP contribution in [0.25, 0.3) is 0 Å². The summed E-state index contributed by atoms with van der Waals surface area (Å²) in [5.74, 6) is -2.38. The molecule has 7 heteroatoms. The van der Waals surface area contributed by atoms with E-state index in [0.29, 0.717) is 0 Å². The number of nitrogens with one attached hydrogen (secondary N) is 1. The number of pyridine rings is 1. The summed E-state index contributed by atoms with van der Waals surface area (Å²) in [4.78, 5) is 26.2. The molecule has 1 aromatic heterocycles. The zero-order chi connectivity index (χ0) is 15.4. The van der Waals surface area contributed by atoms with E-state index in [-0.39, 0.29) is 17.8 Å². The minimum Gasteiger partial charge on any atom is -0.504 e. The fraction of sp³-hybridized carbons (Fsp3) is 0.0714. The molecule has 2 rings (SSSR count). The quantitative estimate of drug-likeness (QED) is 0.669. The molecule has 108 valence electrons. The Balaban J connectivity index is 2.00. The van der Waals surface area contributed by atoms with E-state index in [4.69, 9.17) is 10.2 Å². The van der Waals surface area contributed by atoms with Crippen molar-refractivity contribution >= 4 is 11.9 Å². The first kappa shape index (κ1) is 14.3. The second-order valence-corrected chi connectivity index (χ2v) is 4.24. The van der Waals surface area contributed by atoms with Crippen LogP contribution in [-0.2, 0) is 6.54 Å². The maximum atomic E-state index is 11.8. The van der Waals surface area contributed by atoms with Crippen molar-refractivity contribution in [1.29, 1.82) is 0 Å². The average molecular weight is 288 g/mol. The van der Waals surface area contributed by atoms with Gasteiger partial charge in [0.1, 0.15) is 5.69 Å². The van der Waals surface area contributed by atoms with Crippen LogP contribution in [0, 0.1) is 0 Å². The molecule has 21 heavy (non-hydrogen) atoms. The molecule has 0 unspecified atom stereocenters. The maximum absolute atomic E-state index is 11.8. The lowest BCUT2D eigenvalue weighted by Gasteiger charge is -2.06. The van der Waals surface area contributed by atoms with Crippen LogP contribution in [-0.4, -0.2) is 32.2 Å². The summed E-state index contributed by atoms with van der Waals surface area (Å²) in [5, 5.41) is 29.7. The third-order valence-corrected chi connectivity index (χ3v) is 2.75. The van der Waals surface area contributed by atoms with Gasteiger partial charge in [0.25, 0.3) is 5.91 Å². The largest absolute Gasteiger partial charge is 0.504 e. The molecule has 0 bridgehead atoms. The van der Waals surface area contributed by atoms with Crippen molar-refractivity contribution in [2.24, 2.45) is 0 Å². The molecule has 0 saturated heterocycles. The molecule has 1 heterocycles. The molecule has 1 amide bonds. The Hall–Kier alpha value is -3.09. The number of aromatic nitrogens is 1. The van der Waals surface area contributed by atoms with Gasteiger partial charge in [0.15, 0.2) is 11.5 Å². The third-order valence-electron chi connectivity index (χ3n) is 2.75. The number of rotatable bonds is 4. The molecule has 0 spiro atoms. The van der Waals surface area contributed by atoms with Crippen LogP contribution in [0.2, 0.25) is 0 Å². The number of carbonyl (C=O) groups excluding carboxylic acids is 1. The lowest BCUT2D eigenvalue weighted by Crippen LogP contribution is -2.23. The van der Waals surface area contributed by atoms with E-state index in [2.05, 4.69) is 10.3 Å². The van der Waals surface area contributed by atoms with Crippen LogP contribution in [0.1, 0.15) is 26.4 Å². The molecule has 0 aliphatic carbocycles. The Bertz CT molecular complexity index is 682. The van der Waals surface area contributed by atoms with Gasteiger partial charge in [0.2, 0.25) is 0 Å². The van der Waals surface area contributed by atoms with Gasteiger partial charge in [-0.15, -0.1) is 0 Å². The highest BCUT2D eigenvalue weighted by atomic mass is 16.4. The van der Waals surface area contributed by atoms with Crippen LogP contribution < -0.4 is 5.32 Å². The lowest BCUT2D eigenvalue weighted by atomic mass is 10.1. The van der Waals surface area contributed by atoms with Gasteiger partial charge in [0.05, 0.1) is 11.8 Å². The lowest BCUT2D eigenvalue weighted by molar-refractivity contribution is 0.0696. The van der Waals surface area contributed by atoms with Crippen molar-refractivity contribution in [2.75, 3.05) is 0 Å². The van der Waals surface area contributed by atoms with Gasteiger partial charge in [-0.3, -0.25) is 4.79 Å². The molecule has 0 aliphatic rings. The van der Waals surface area contributed by atoms with Gasteiger partial charge in [-0.25, -0.2) is 9.78 Å². The first-order valence-corrected chi connectivity index (χ1v) is 5.96. The summed E-state index contributed by atoms with van der Waals surface area (Å²) in [5.41, 5.74) is 0.846. The summed E-state index contributed by atoms with van der Waals surface area (Å²) < 4.78 is 0. The number of carbonyl (C=O) groups is 2. The fourth-order valence-corrected chi connectivity index (χ4v) is 1.60. The van der Waals surface area contributed by atoms with E-state index in [9.17, 15) is 14.7 Å². The topological polar surface area (TPSA) is 120 Å². The van der Waals surface area contributed by atoms with E-state index in [1.54, 1.807) is 12.1 Å². The Kier molecular flexibility index (Phi) is 4.03. The molecular formula is C14H12N2O5. The predicted molar refractivity (Wildman–Crippen MR) is 72.1 cm³/mol. The van der Waals surface area contributed by atoms with Crippen LogP contribution in [0.4, 0.5) is 0 Å². The van der Waals surface area contributed by atoms with Gasteiger partial charge < -0.3 is 20.6 Å². The molecule has 7 nitrogen and oxygen atoms in total. The van der Waals surface area contributed by atoms with E-state index in [1.165, 1.54) is 12.1 Å². The molecule has 2 aromatic rings. The summed E-state index contributed by atoms with van der Waals surface area (Å²) in [6, 6.07) is 7.11. The van der Waals surface area contributed by atoms with E-state index >= 15 is 0 Å². The number of carboxylic acids is 1. The van der Waals surface area contributed by atoms with Crippen molar-refractivity contribution < 1.29 is 24.9 Å². The number of benzene rings is 1. The first-order chi connectivity index (χ1) is 9.97. The molecule has 0 aliphatic heterocycles. The molecule has 0 radical (unpaired) electrons. The van der Waals surface area contributed by atoms with Crippen LogP contribution in [0.15, 0.2) is 36.5 Å². The molecule has 4 N–H and O–H groups in total. The summed E-state index contributed by atoms with van der Waals surface area (Å²) >= 11 is 0. The third kappa shape index (κ3) is 3.47. The Morgan fingerprint density at radius 2 is 1.76 bits per heavy atom. The van der Waals surface area contributed by atoms with Crippen LogP contribution in [0.5, 0.6) is 11.5 Å². The predicted octanol–water partition coefficient (Wildman–Crippen LogP) is 1.12. The number of hydrogen-bond donors (Lipinski definition) is 4. The molecule has 0 saturated carbocycles. The standard InChI is InChI=1S/C14H12N2O5/c17-11-5-10(15-7-12(11)18)13(19)16-6-8-1-3-9(4-2-8)14(20)21/h1-5,7,18H,6H2,(H,15,17)(H,16,19)(H,20,21). The summed E-state index contributed by atoms with van der Waals surface area (Å²) in [6.07, 6.45) is 0.978. The summed E-state index contributed by atoms with van der Waals surface area (Å²) in [6.45, 7) is 0.183. The highest BCUT2D eigenvalue weighted by molar-refractivity contribution is 5.92. The molecule has 1 aromatic carbocycles. The number of carboxylic acid groups (broad SMARTS) is 1. The Morgan fingerprint density at radius 3 is 2.33 bits per heavy atom. The SMILES string of the molecule is O=C(O)c1ccc(CNC(=O)c2cc(O)c(O)cn2)cc1. The van der Waals surface area contributed by atoms with E-state index in [1.807, 2.05) is 0 Å². The van der Waals surface area contributed by atoms with Crippen LogP contribution >= 0.6 is 0 Å². The van der Waals surface area contributed by atoms with Crippen molar-refractivity contribution in [1.82, 2.24) is 10.3 Å². The minimum absolute atomic E-state index is 0.0348.